The highest BCUT2D eigenvalue weighted by atomic mass is 16.3. The van der Waals surface area contributed by atoms with Gasteiger partial charge in [-0.2, -0.15) is 0 Å². The minimum Gasteiger partial charge on any atom is -0.505 e. The first-order chi connectivity index (χ1) is 12.0. The summed E-state index contributed by atoms with van der Waals surface area (Å²) in [6.45, 7) is 6.24. The van der Waals surface area contributed by atoms with E-state index < -0.39 is 5.54 Å². The first-order valence-electron chi connectivity index (χ1n) is 8.94. The number of hydrogen-bond acceptors (Lipinski definition) is 4. The number of nitrogens with zero attached hydrogens (tertiary/aromatic N) is 3. The number of aryl methyl sites for hydroxylation is 1. The second-order valence-electron chi connectivity index (χ2n) is 6.81. The van der Waals surface area contributed by atoms with Crippen LogP contribution in [0.5, 0.6) is 5.75 Å². The fourth-order valence-corrected chi connectivity index (χ4v) is 3.55. The third-order valence-corrected chi connectivity index (χ3v) is 4.66. The molecular formula is C20H26N4O. The van der Waals surface area contributed by atoms with E-state index in [0.717, 1.165) is 47.8 Å². The van der Waals surface area contributed by atoms with Crippen LogP contribution in [-0.2, 0) is 5.54 Å². The Morgan fingerprint density at radius 1 is 1.04 bits per heavy atom. The SMILES string of the molecule is CCCC(N)(CCC)c1cc(C)cc(-n2nc3ccccc3n2)c1O. The van der Waals surface area contributed by atoms with E-state index >= 15 is 0 Å². The molecule has 0 saturated carbocycles. The third-order valence-electron chi connectivity index (χ3n) is 4.66. The number of benzene rings is 2. The summed E-state index contributed by atoms with van der Waals surface area (Å²) in [5.41, 5.74) is 10.2. The number of phenols is 1. The summed E-state index contributed by atoms with van der Waals surface area (Å²) in [5.74, 6) is 0.176. The van der Waals surface area contributed by atoms with Crippen LogP contribution in [0.15, 0.2) is 36.4 Å². The first-order valence-corrected chi connectivity index (χ1v) is 8.94. The van der Waals surface area contributed by atoms with Gasteiger partial charge < -0.3 is 10.8 Å². The molecule has 3 N–H and O–H groups in total. The van der Waals surface area contributed by atoms with E-state index in [1.54, 1.807) is 0 Å². The molecule has 1 heterocycles. The summed E-state index contributed by atoms with van der Waals surface area (Å²) in [5, 5.41) is 20.0. The molecule has 0 atom stereocenters. The Hall–Kier alpha value is -2.40. The highest BCUT2D eigenvalue weighted by Crippen LogP contribution is 2.38. The zero-order chi connectivity index (χ0) is 18.0. The van der Waals surface area contributed by atoms with E-state index in [9.17, 15) is 5.11 Å². The molecule has 0 spiro atoms. The lowest BCUT2D eigenvalue weighted by Gasteiger charge is -2.31. The van der Waals surface area contributed by atoms with Crippen LogP contribution in [0.2, 0.25) is 0 Å². The summed E-state index contributed by atoms with van der Waals surface area (Å²) in [6.07, 6.45) is 3.57. The summed E-state index contributed by atoms with van der Waals surface area (Å²) in [4.78, 5) is 1.51. The summed E-state index contributed by atoms with van der Waals surface area (Å²) >= 11 is 0. The number of hydrogen-bond donors (Lipinski definition) is 2. The van der Waals surface area contributed by atoms with Crippen LogP contribution in [0, 0.1) is 6.92 Å². The molecule has 1 aromatic heterocycles. The van der Waals surface area contributed by atoms with Crippen molar-refractivity contribution in [2.24, 2.45) is 5.73 Å². The maximum atomic E-state index is 11.0. The van der Waals surface area contributed by atoms with Crippen molar-refractivity contribution >= 4 is 11.0 Å². The van der Waals surface area contributed by atoms with Crippen molar-refractivity contribution in [3.05, 3.63) is 47.5 Å². The predicted molar refractivity (Wildman–Crippen MR) is 101 cm³/mol. The molecule has 3 aromatic rings. The van der Waals surface area contributed by atoms with Gasteiger partial charge in [0.15, 0.2) is 0 Å². The largest absolute Gasteiger partial charge is 0.505 e. The van der Waals surface area contributed by atoms with Crippen LogP contribution in [0.25, 0.3) is 16.7 Å². The number of fused-ring (bicyclic) bond motifs is 1. The second kappa shape index (κ2) is 6.84. The maximum Gasteiger partial charge on any atom is 0.148 e. The van der Waals surface area contributed by atoms with Crippen LogP contribution < -0.4 is 5.73 Å². The molecule has 2 aromatic carbocycles. The summed E-state index contributed by atoms with van der Waals surface area (Å²) < 4.78 is 0. The number of nitrogens with two attached hydrogens (primary N) is 1. The van der Waals surface area contributed by atoms with Crippen LogP contribution in [0.3, 0.4) is 0 Å². The Morgan fingerprint density at radius 3 is 2.12 bits per heavy atom. The molecule has 0 unspecified atom stereocenters. The molecule has 0 saturated heterocycles. The van der Waals surface area contributed by atoms with Crippen LogP contribution >= 0.6 is 0 Å². The molecular weight excluding hydrogens is 312 g/mol. The maximum absolute atomic E-state index is 11.0. The van der Waals surface area contributed by atoms with Gasteiger partial charge in [0.05, 0.1) is 0 Å². The van der Waals surface area contributed by atoms with Crippen molar-refractivity contribution in [1.82, 2.24) is 15.0 Å². The minimum absolute atomic E-state index is 0.176. The normalized spacial score (nSPS) is 12.0. The molecule has 25 heavy (non-hydrogen) atoms. The summed E-state index contributed by atoms with van der Waals surface area (Å²) in [6, 6.07) is 11.6. The van der Waals surface area contributed by atoms with Gasteiger partial charge >= 0.3 is 0 Å². The Bertz CT molecular complexity index is 846. The van der Waals surface area contributed by atoms with Crippen molar-refractivity contribution < 1.29 is 5.11 Å². The number of phenolic OH excluding ortho intramolecular Hbond substituents is 1. The first kappa shape index (κ1) is 17.4. The fourth-order valence-electron chi connectivity index (χ4n) is 3.55. The van der Waals surface area contributed by atoms with Crippen molar-refractivity contribution in [1.29, 1.82) is 0 Å². The number of aromatic hydroxyl groups is 1. The predicted octanol–water partition coefficient (Wildman–Crippen LogP) is 4.19. The highest BCUT2D eigenvalue weighted by Gasteiger charge is 2.30. The molecule has 5 heteroatoms. The monoisotopic (exact) mass is 338 g/mol. The van der Waals surface area contributed by atoms with E-state index in [4.69, 9.17) is 5.73 Å². The van der Waals surface area contributed by atoms with Gasteiger partial charge in [-0.1, -0.05) is 44.9 Å². The van der Waals surface area contributed by atoms with E-state index in [0.29, 0.717) is 5.69 Å². The van der Waals surface area contributed by atoms with Gasteiger partial charge in [-0.3, -0.25) is 0 Å². The van der Waals surface area contributed by atoms with E-state index in [-0.39, 0.29) is 5.75 Å². The van der Waals surface area contributed by atoms with Crippen molar-refractivity contribution in [3.63, 3.8) is 0 Å². The Balaban J connectivity index is 2.17. The molecule has 0 radical (unpaired) electrons. The Kier molecular flexibility index (Phi) is 4.77. The molecule has 0 aliphatic rings. The summed E-state index contributed by atoms with van der Waals surface area (Å²) in [7, 11) is 0. The molecule has 0 aliphatic carbocycles. The molecule has 0 bridgehead atoms. The topological polar surface area (TPSA) is 77.0 Å². The Morgan fingerprint density at radius 2 is 1.60 bits per heavy atom. The number of aromatic nitrogens is 3. The smallest absolute Gasteiger partial charge is 0.148 e. The van der Waals surface area contributed by atoms with Crippen molar-refractivity contribution in [2.45, 2.75) is 52.0 Å². The quantitative estimate of drug-likeness (QED) is 0.706. The lowest BCUT2D eigenvalue weighted by atomic mass is 9.81. The van der Waals surface area contributed by atoms with Gasteiger partial charge in [0.2, 0.25) is 0 Å². The fraction of sp³-hybridized carbons (Fsp3) is 0.400. The van der Waals surface area contributed by atoms with E-state index in [2.05, 4.69) is 24.0 Å². The molecule has 3 rings (SSSR count). The molecule has 0 aliphatic heterocycles. The van der Waals surface area contributed by atoms with Crippen LogP contribution in [0.4, 0.5) is 0 Å². The number of rotatable bonds is 6. The van der Waals surface area contributed by atoms with Crippen LogP contribution in [0.1, 0.15) is 50.7 Å². The van der Waals surface area contributed by atoms with Gasteiger partial charge in [0.25, 0.3) is 0 Å². The van der Waals surface area contributed by atoms with E-state index in [1.807, 2.05) is 43.3 Å². The zero-order valence-corrected chi connectivity index (χ0v) is 15.2. The third kappa shape index (κ3) is 3.24. The van der Waals surface area contributed by atoms with Gasteiger partial charge in [0, 0.05) is 11.1 Å². The average Bonchev–Trinajstić information content (AvgIpc) is 3.01. The molecule has 0 amide bonds. The van der Waals surface area contributed by atoms with Crippen LogP contribution in [-0.4, -0.2) is 20.1 Å². The lowest BCUT2D eigenvalue weighted by Crippen LogP contribution is -2.36. The Labute approximate surface area is 148 Å². The van der Waals surface area contributed by atoms with Gasteiger partial charge in [0.1, 0.15) is 22.5 Å². The van der Waals surface area contributed by atoms with E-state index in [1.165, 1.54) is 4.80 Å². The standard InChI is InChI=1S/C20H26N4O/c1-4-10-20(21,11-5-2)15-12-14(3)13-18(19(15)25)24-22-16-8-6-7-9-17(16)23-24/h6-9,12-13,25H,4-5,10-11,21H2,1-3H3. The zero-order valence-electron chi connectivity index (χ0n) is 15.2. The minimum atomic E-state index is -0.541. The molecule has 0 fully saturated rings. The van der Waals surface area contributed by atoms with Gasteiger partial charge in [-0.05, 0) is 43.5 Å². The lowest BCUT2D eigenvalue weighted by molar-refractivity contribution is 0.348. The van der Waals surface area contributed by atoms with Crippen molar-refractivity contribution in [3.8, 4) is 11.4 Å². The van der Waals surface area contributed by atoms with Gasteiger partial charge in [-0.25, -0.2) is 0 Å². The van der Waals surface area contributed by atoms with Gasteiger partial charge in [-0.15, -0.1) is 15.0 Å². The molecule has 132 valence electrons. The van der Waals surface area contributed by atoms with Crippen molar-refractivity contribution in [2.75, 3.05) is 0 Å². The molecule has 5 nitrogen and oxygen atoms in total. The second-order valence-corrected chi connectivity index (χ2v) is 6.81. The average molecular weight is 338 g/mol. The highest BCUT2D eigenvalue weighted by molar-refractivity contribution is 5.73.